The SMILES string of the molecule is Cc1cc(CN2C[C@H]3COC[C@@]3(CN(C)C)C2)no1. The molecule has 106 valence electrons. The highest BCUT2D eigenvalue weighted by Gasteiger charge is 2.50. The van der Waals surface area contributed by atoms with Crippen LogP contribution in [-0.2, 0) is 11.3 Å². The number of nitrogens with zero attached hydrogens (tertiary/aromatic N) is 3. The van der Waals surface area contributed by atoms with Crippen molar-refractivity contribution in [3.8, 4) is 0 Å². The minimum atomic E-state index is 0.308. The van der Waals surface area contributed by atoms with Gasteiger partial charge in [-0.1, -0.05) is 5.16 Å². The van der Waals surface area contributed by atoms with E-state index in [4.69, 9.17) is 9.26 Å². The molecule has 5 heteroatoms. The van der Waals surface area contributed by atoms with Gasteiger partial charge in [0.2, 0.25) is 0 Å². The number of rotatable bonds is 4. The van der Waals surface area contributed by atoms with E-state index in [0.717, 1.165) is 50.8 Å². The fraction of sp³-hybridized carbons (Fsp3) is 0.786. The Hall–Kier alpha value is -0.910. The maximum Gasteiger partial charge on any atom is 0.133 e. The first-order valence-corrected chi connectivity index (χ1v) is 6.94. The van der Waals surface area contributed by atoms with E-state index in [1.807, 2.05) is 13.0 Å². The molecule has 1 aromatic heterocycles. The largest absolute Gasteiger partial charge is 0.380 e. The van der Waals surface area contributed by atoms with Gasteiger partial charge in [-0.2, -0.15) is 0 Å². The molecule has 0 aromatic carbocycles. The lowest BCUT2D eigenvalue weighted by atomic mass is 9.81. The molecule has 2 aliphatic rings. The Kier molecular flexibility index (Phi) is 3.37. The molecule has 2 aliphatic heterocycles. The van der Waals surface area contributed by atoms with Crippen LogP contribution in [0.3, 0.4) is 0 Å². The van der Waals surface area contributed by atoms with Crippen molar-refractivity contribution in [1.82, 2.24) is 15.0 Å². The lowest BCUT2D eigenvalue weighted by Crippen LogP contribution is -2.40. The summed E-state index contributed by atoms with van der Waals surface area (Å²) in [5, 5.41) is 4.10. The number of likely N-dealkylation sites (tertiary alicyclic amines) is 1. The Morgan fingerprint density at radius 3 is 3.05 bits per heavy atom. The number of ether oxygens (including phenoxy) is 1. The van der Waals surface area contributed by atoms with Crippen molar-refractivity contribution in [3.63, 3.8) is 0 Å². The van der Waals surface area contributed by atoms with E-state index >= 15 is 0 Å². The Labute approximate surface area is 114 Å². The van der Waals surface area contributed by atoms with Gasteiger partial charge in [-0.05, 0) is 21.0 Å². The van der Waals surface area contributed by atoms with E-state index in [1.54, 1.807) is 0 Å². The quantitative estimate of drug-likeness (QED) is 0.812. The monoisotopic (exact) mass is 265 g/mol. The van der Waals surface area contributed by atoms with Crippen LogP contribution in [0.15, 0.2) is 10.6 Å². The molecule has 0 radical (unpaired) electrons. The average molecular weight is 265 g/mol. The number of hydrogen-bond donors (Lipinski definition) is 0. The summed E-state index contributed by atoms with van der Waals surface area (Å²) < 4.78 is 10.9. The molecule has 2 fully saturated rings. The first-order valence-electron chi connectivity index (χ1n) is 6.94. The highest BCUT2D eigenvalue weighted by molar-refractivity contribution is 5.06. The van der Waals surface area contributed by atoms with Crippen molar-refractivity contribution in [2.24, 2.45) is 11.3 Å². The summed E-state index contributed by atoms with van der Waals surface area (Å²) in [5.74, 6) is 1.55. The second kappa shape index (κ2) is 4.89. The fourth-order valence-electron chi connectivity index (χ4n) is 3.64. The van der Waals surface area contributed by atoms with Crippen molar-refractivity contribution >= 4 is 0 Å². The molecule has 19 heavy (non-hydrogen) atoms. The van der Waals surface area contributed by atoms with E-state index in [0.29, 0.717) is 11.3 Å². The summed E-state index contributed by atoms with van der Waals surface area (Å²) in [4.78, 5) is 4.78. The van der Waals surface area contributed by atoms with Crippen LogP contribution in [0.4, 0.5) is 0 Å². The predicted molar refractivity (Wildman–Crippen MR) is 71.8 cm³/mol. The van der Waals surface area contributed by atoms with Gasteiger partial charge in [0.15, 0.2) is 0 Å². The minimum Gasteiger partial charge on any atom is -0.380 e. The van der Waals surface area contributed by atoms with Crippen LogP contribution >= 0.6 is 0 Å². The van der Waals surface area contributed by atoms with Gasteiger partial charge in [-0.3, -0.25) is 4.90 Å². The lowest BCUT2D eigenvalue weighted by Gasteiger charge is -2.30. The van der Waals surface area contributed by atoms with Gasteiger partial charge in [0.25, 0.3) is 0 Å². The Bertz CT molecular complexity index is 446. The molecular formula is C14H23N3O2. The maximum absolute atomic E-state index is 5.73. The van der Waals surface area contributed by atoms with Crippen LogP contribution in [0.2, 0.25) is 0 Å². The molecule has 0 amide bonds. The molecule has 0 saturated carbocycles. The topological polar surface area (TPSA) is 41.7 Å². The highest BCUT2D eigenvalue weighted by Crippen LogP contribution is 2.42. The Balaban J connectivity index is 1.68. The number of aromatic nitrogens is 1. The molecule has 3 rings (SSSR count). The summed E-state index contributed by atoms with van der Waals surface area (Å²) in [7, 11) is 4.29. The smallest absolute Gasteiger partial charge is 0.133 e. The summed E-state index contributed by atoms with van der Waals surface area (Å²) in [6.45, 7) is 7.94. The molecule has 0 N–H and O–H groups in total. The summed E-state index contributed by atoms with van der Waals surface area (Å²) in [6.07, 6.45) is 0. The van der Waals surface area contributed by atoms with Crippen LogP contribution in [-0.4, -0.2) is 61.9 Å². The zero-order chi connectivity index (χ0) is 13.5. The molecule has 5 nitrogen and oxygen atoms in total. The van der Waals surface area contributed by atoms with Crippen LogP contribution in [0.25, 0.3) is 0 Å². The lowest BCUT2D eigenvalue weighted by molar-refractivity contribution is 0.109. The molecule has 1 aromatic rings. The third kappa shape index (κ3) is 2.55. The Morgan fingerprint density at radius 2 is 2.37 bits per heavy atom. The summed E-state index contributed by atoms with van der Waals surface area (Å²) >= 11 is 0. The van der Waals surface area contributed by atoms with E-state index in [2.05, 4.69) is 29.1 Å². The molecule has 2 atom stereocenters. The van der Waals surface area contributed by atoms with Crippen molar-refractivity contribution in [1.29, 1.82) is 0 Å². The molecule has 0 spiro atoms. The Morgan fingerprint density at radius 1 is 1.53 bits per heavy atom. The first-order chi connectivity index (χ1) is 9.07. The normalized spacial score (nSPS) is 31.3. The van der Waals surface area contributed by atoms with Crippen molar-refractivity contribution in [2.75, 3.05) is 46.9 Å². The van der Waals surface area contributed by atoms with E-state index in [1.165, 1.54) is 0 Å². The van der Waals surface area contributed by atoms with Crippen LogP contribution in [0, 0.1) is 18.3 Å². The second-order valence-electron chi connectivity index (χ2n) is 6.41. The minimum absolute atomic E-state index is 0.308. The van der Waals surface area contributed by atoms with Crippen molar-refractivity contribution in [2.45, 2.75) is 13.5 Å². The third-order valence-corrected chi connectivity index (χ3v) is 4.29. The van der Waals surface area contributed by atoms with Crippen LogP contribution < -0.4 is 0 Å². The average Bonchev–Trinajstić information content (AvgIpc) is 2.92. The third-order valence-electron chi connectivity index (χ3n) is 4.29. The standard InChI is InChI=1S/C14H23N3O2/c1-11-4-13(15-19-11)6-17-5-12-7-18-10-14(12,9-17)8-16(2)3/h4,12H,5-10H2,1-3H3/t12-,14+/m0/s1. The van der Waals surface area contributed by atoms with Gasteiger partial charge in [0.05, 0.1) is 18.9 Å². The summed E-state index contributed by atoms with van der Waals surface area (Å²) in [6, 6.07) is 2.03. The first kappa shape index (κ1) is 13.1. The van der Waals surface area contributed by atoms with E-state index in [-0.39, 0.29) is 0 Å². The molecule has 0 aliphatic carbocycles. The van der Waals surface area contributed by atoms with Gasteiger partial charge in [-0.15, -0.1) is 0 Å². The maximum atomic E-state index is 5.73. The van der Waals surface area contributed by atoms with Gasteiger partial charge in [0, 0.05) is 43.6 Å². The van der Waals surface area contributed by atoms with Gasteiger partial charge >= 0.3 is 0 Å². The van der Waals surface area contributed by atoms with E-state index < -0.39 is 0 Å². The van der Waals surface area contributed by atoms with Crippen molar-refractivity contribution in [3.05, 3.63) is 17.5 Å². The second-order valence-corrected chi connectivity index (χ2v) is 6.41. The van der Waals surface area contributed by atoms with Gasteiger partial charge < -0.3 is 14.2 Å². The van der Waals surface area contributed by atoms with Gasteiger partial charge in [0.1, 0.15) is 5.76 Å². The highest BCUT2D eigenvalue weighted by atomic mass is 16.5. The zero-order valence-electron chi connectivity index (χ0n) is 12.1. The summed E-state index contributed by atoms with van der Waals surface area (Å²) in [5.41, 5.74) is 1.35. The fourth-order valence-corrected chi connectivity index (χ4v) is 3.64. The van der Waals surface area contributed by atoms with Crippen molar-refractivity contribution < 1.29 is 9.26 Å². The van der Waals surface area contributed by atoms with Crippen LogP contribution in [0.5, 0.6) is 0 Å². The zero-order valence-corrected chi connectivity index (χ0v) is 12.1. The predicted octanol–water partition coefficient (Wildman–Crippen LogP) is 0.993. The number of hydrogen-bond acceptors (Lipinski definition) is 5. The molecular weight excluding hydrogens is 242 g/mol. The van der Waals surface area contributed by atoms with E-state index in [9.17, 15) is 0 Å². The number of fused-ring (bicyclic) bond motifs is 1. The van der Waals surface area contributed by atoms with Gasteiger partial charge in [-0.25, -0.2) is 0 Å². The molecule has 0 unspecified atom stereocenters. The molecule has 3 heterocycles. The van der Waals surface area contributed by atoms with Crippen LogP contribution in [0.1, 0.15) is 11.5 Å². The molecule has 2 saturated heterocycles. The number of aryl methyl sites for hydroxylation is 1. The molecule has 0 bridgehead atoms.